The van der Waals surface area contributed by atoms with Gasteiger partial charge in [-0.1, -0.05) is 19.1 Å². The lowest BCUT2D eigenvalue weighted by Gasteiger charge is -2.48. The molecule has 23 heavy (non-hydrogen) atoms. The third kappa shape index (κ3) is 2.38. The van der Waals surface area contributed by atoms with E-state index in [0.717, 1.165) is 6.42 Å². The number of hydrogen-bond donors (Lipinski definition) is 1. The summed E-state index contributed by atoms with van der Waals surface area (Å²) in [6.45, 7) is 4.38. The molecule has 6 nitrogen and oxygen atoms in total. The molecular formula is C17H21N3O3. The summed E-state index contributed by atoms with van der Waals surface area (Å²) in [4.78, 5) is 40.6. The molecule has 1 aromatic rings. The second-order valence-corrected chi connectivity index (χ2v) is 6.20. The Morgan fingerprint density at radius 2 is 2.04 bits per heavy atom. The first kappa shape index (κ1) is 15.5. The average molecular weight is 315 g/mol. The van der Waals surface area contributed by atoms with Crippen molar-refractivity contribution in [1.29, 1.82) is 0 Å². The Morgan fingerprint density at radius 3 is 2.78 bits per heavy atom. The SMILES string of the molecule is CCCNC(=O)CN1C(=O)c2ccccc2N2C(=O)CCC12C. The summed E-state index contributed by atoms with van der Waals surface area (Å²) in [7, 11) is 0. The molecule has 2 heterocycles. The van der Waals surface area contributed by atoms with Gasteiger partial charge in [0, 0.05) is 13.0 Å². The molecule has 1 fully saturated rings. The highest BCUT2D eigenvalue weighted by atomic mass is 16.2. The summed E-state index contributed by atoms with van der Waals surface area (Å²) >= 11 is 0. The van der Waals surface area contributed by atoms with Crippen LogP contribution in [0.4, 0.5) is 5.69 Å². The van der Waals surface area contributed by atoms with E-state index in [9.17, 15) is 14.4 Å². The van der Waals surface area contributed by atoms with Crippen molar-refractivity contribution in [3.63, 3.8) is 0 Å². The van der Waals surface area contributed by atoms with Crippen molar-refractivity contribution in [2.45, 2.75) is 38.8 Å². The van der Waals surface area contributed by atoms with Crippen molar-refractivity contribution in [3.05, 3.63) is 29.8 Å². The zero-order chi connectivity index (χ0) is 16.6. The number of benzene rings is 1. The molecule has 0 spiro atoms. The Morgan fingerprint density at radius 1 is 1.30 bits per heavy atom. The van der Waals surface area contributed by atoms with Crippen LogP contribution in [-0.2, 0) is 9.59 Å². The van der Waals surface area contributed by atoms with Crippen molar-refractivity contribution in [2.75, 3.05) is 18.0 Å². The maximum Gasteiger partial charge on any atom is 0.258 e. The van der Waals surface area contributed by atoms with E-state index in [-0.39, 0.29) is 24.3 Å². The van der Waals surface area contributed by atoms with E-state index >= 15 is 0 Å². The van der Waals surface area contributed by atoms with Gasteiger partial charge in [-0.25, -0.2) is 0 Å². The molecule has 1 N–H and O–H groups in total. The first-order valence-corrected chi connectivity index (χ1v) is 8.00. The van der Waals surface area contributed by atoms with E-state index in [1.54, 1.807) is 23.1 Å². The van der Waals surface area contributed by atoms with Crippen molar-refractivity contribution in [3.8, 4) is 0 Å². The molecule has 1 unspecified atom stereocenters. The Hall–Kier alpha value is -2.37. The monoisotopic (exact) mass is 315 g/mol. The molecule has 122 valence electrons. The Labute approximate surface area is 135 Å². The predicted molar refractivity (Wildman–Crippen MR) is 85.9 cm³/mol. The van der Waals surface area contributed by atoms with Gasteiger partial charge in [0.1, 0.15) is 12.2 Å². The maximum atomic E-state index is 12.9. The van der Waals surface area contributed by atoms with E-state index in [0.29, 0.717) is 30.6 Å². The minimum atomic E-state index is -0.772. The number of anilines is 1. The first-order valence-electron chi connectivity index (χ1n) is 8.00. The molecule has 3 rings (SSSR count). The number of amides is 3. The van der Waals surface area contributed by atoms with Crippen molar-refractivity contribution < 1.29 is 14.4 Å². The van der Waals surface area contributed by atoms with Gasteiger partial charge in [0.15, 0.2) is 0 Å². The second kappa shape index (κ2) is 5.68. The number of rotatable bonds is 4. The number of hydrogen-bond acceptors (Lipinski definition) is 3. The van der Waals surface area contributed by atoms with Gasteiger partial charge in [-0.05, 0) is 31.9 Å². The lowest BCUT2D eigenvalue weighted by molar-refractivity contribution is -0.124. The highest BCUT2D eigenvalue weighted by Gasteiger charge is 2.53. The van der Waals surface area contributed by atoms with Gasteiger partial charge in [0.2, 0.25) is 11.8 Å². The van der Waals surface area contributed by atoms with E-state index in [2.05, 4.69) is 5.32 Å². The second-order valence-electron chi connectivity index (χ2n) is 6.20. The van der Waals surface area contributed by atoms with Gasteiger partial charge in [0.25, 0.3) is 5.91 Å². The number of carbonyl (C=O) groups excluding carboxylic acids is 3. The quantitative estimate of drug-likeness (QED) is 0.915. The molecule has 0 bridgehead atoms. The van der Waals surface area contributed by atoms with Gasteiger partial charge in [-0.2, -0.15) is 0 Å². The molecule has 3 amide bonds. The zero-order valence-electron chi connectivity index (χ0n) is 13.5. The maximum absolute atomic E-state index is 12.9. The third-order valence-electron chi connectivity index (χ3n) is 4.62. The first-order chi connectivity index (χ1) is 11.0. The number of fused-ring (bicyclic) bond motifs is 3. The summed E-state index contributed by atoms with van der Waals surface area (Å²) < 4.78 is 0. The molecule has 0 aromatic heterocycles. The van der Waals surface area contributed by atoms with Crippen LogP contribution in [0.3, 0.4) is 0 Å². The normalized spacial score (nSPS) is 22.9. The van der Waals surface area contributed by atoms with Gasteiger partial charge in [-0.3, -0.25) is 19.3 Å². The summed E-state index contributed by atoms with van der Waals surface area (Å²) in [6.07, 6.45) is 1.75. The van der Waals surface area contributed by atoms with E-state index < -0.39 is 5.66 Å². The number of para-hydroxylation sites is 1. The highest BCUT2D eigenvalue weighted by molar-refractivity contribution is 6.11. The smallest absolute Gasteiger partial charge is 0.258 e. The molecule has 1 saturated heterocycles. The molecule has 2 aliphatic heterocycles. The molecule has 1 atom stereocenters. The van der Waals surface area contributed by atoms with Gasteiger partial charge in [-0.15, -0.1) is 0 Å². The lowest BCUT2D eigenvalue weighted by Crippen LogP contribution is -2.63. The van der Waals surface area contributed by atoms with Crippen LogP contribution in [0.5, 0.6) is 0 Å². The molecule has 2 aliphatic rings. The van der Waals surface area contributed by atoms with Crippen LogP contribution in [0.25, 0.3) is 0 Å². The van der Waals surface area contributed by atoms with Gasteiger partial charge >= 0.3 is 0 Å². The highest BCUT2D eigenvalue weighted by Crippen LogP contribution is 2.43. The molecule has 6 heteroatoms. The minimum absolute atomic E-state index is 0.00795. The lowest BCUT2D eigenvalue weighted by atomic mass is 9.98. The van der Waals surface area contributed by atoms with Crippen LogP contribution in [0, 0.1) is 0 Å². The third-order valence-corrected chi connectivity index (χ3v) is 4.62. The number of nitrogens with one attached hydrogen (secondary N) is 1. The number of carbonyl (C=O) groups is 3. The van der Waals surface area contributed by atoms with Crippen LogP contribution in [0.1, 0.15) is 43.5 Å². The van der Waals surface area contributed by atoms with Crippen molar-refractivity contribution in [1.82, 2.24) is 10.2 Å². The Balaban J connectivity index is 1.98. The predicted octanol–water partition coefficient (Wildman–Crippen LogP) is 1.51. The topological polar surface area (TPSA) is 69.7 Å². The van der Waals surface area contributed by atoms with E-state index in [1.165, 1.54) is 4.90 Å². The van der Waals surface area contributed by atoms with Crippen LogP contribution < -0.4 is 10.2 Å². The van der Waals surface area contributed by atoms with Crippen molar-refractivity contribution >= 4 is 23.4 Å². The van der Waals surface area contributed by atoms with Crippen molar-refractivity contribution in [2.24, 2.45) is 0 Å². The van der Waals surface area contributed by atoms with E-state index in [1.807, 2.05) is 19.9 Å². The summed E-state index contributed by atoms with van der Waals surface area (Å²) in [5.41, 5.74) is 0.350. The largest absolute Gasteiger partial charge is 0.355 e. The number of nitrogens with zero attached hydrogens (tertiary/aromatic N) is 2. The molecular weight excluding hydrogens is 294 g/mol. The van der Waals surface area contributed by atoms with Gasteiger partial charge in [0.05, 0.1) is 11.3 Å². The Bertz CT molecular complexity index is 673. The van der Waals surface area contributed by atoms with Crippen LogP contribution in [0.15, 0.2) is 24.3 Å². The Kier molecular flexibility index (Phi) is 3.83. The van der Waals surface area contributed by atoms with E-state index in [4.69, 9.17) is 0 Å². The molecule has 0 radical (unpaired) electrons. The standard InChI is InChI=1S/C17H21N3O3/c1-3-10-18-14(21)11-19-16(23)12-6-4-5-7-13(12)20-15(22)8-9-17(19,20)2/h4-7H,3,8-11H2,1-2H3,(H,18,21). The summed E-state index contributed by atoms with van der Waals surface area (Å²) in [6, 6.07) is 7.10. The summed E-state index contributed by atoms with van der Waals surface area (Å²) in [5.74, 6) is -0.396. The van der Waals surface area contributed by atoms with Crippen LogP contribution in [0.2, 0.25) is 0 Å². The molecule has 0 aliphatic carbocycles. The fraction of sp³-hybridized carbons (Fsp3) is 0.471. The molecule has 1 aromatic carbocycles. The zero-order valence-corrected chi connectivity index (χ0v) is 13.5. The summed E-state index contributed by atoms with van der Waals surface area (Å²) in [5, 5.41) is 2.80. The van der Waals surface area contributed by atoms with Crippen LogP contribution >= 0.6 is 0 Å². The minimum Gasteiger partial charge on any atom is -0.355 e. The molecule has 0 saturated carbocycles. The van der Waals surface area contributed by atoms with Gasteiger partial charge < -0.3 is 10.2 Å². The fourth-order valence-corrected chi connectivity index (χ4v) is 3.41. The average Bonchev–Trinajstić information content (AvgIpc) is 2.85. The van der Waals surface area contributed by atoms with Crippen LogP contribution in [-0.4, -0.2) is 41.4 Å². The fourth-order valence-electron chi connectivity index (χ4n) is 3.41.